The van der Waals surface area contributed by atoms with Gasteiger partial charge in [-0.25, -0.2) is 9.18 Å². The minimum Gasteiger partial charge on any atom is -0.450 e. The number of piperidine rings is 1. The Morgan fingerprint density at radius 2 is 2.00 bits per heavy atom. The first-order valence-electron chi connectivity index (χ1n) is 9.52. The molecule has 1 fully saturated rings. The van der Waals surface area contributed by atoms with E-state index >= 15 is 0 Å². The minimum atomic E-state index is -0.295. The zero-order valence-corrected chi connectivity index (χ0v) is 16.5. The standard InChI is InChI=1S/C21H29FN2O3/c1-5-27-21(26)24-10-8-17(9-11-24)23-20(25)13-18(14(2)3)16-6-7-19(22)15(4)12-16/h6-7,12-14,17H,5,8-11H2,1-4H3,(H,23,25)/b18-13+. The first-order chi connectivity index (χ1) is 12.8. The Kier molecular flexibility index (Phi) is 7.39. The molecule has 0 spiro atoms. The fraction of sp³-hybridized carbons (Fsp3) is 0.524. The first-order valence-corrected chi connectivity index (χ1v) is 9.52. The molecular weight excluding hydrogens is 347 g/mol. The third kappa shape index (κ3) is 5.81. The van der Waals surface area contributed by atoms with Crippen LogP contribution in [0.25, 0.3) is 5.57 Å². The van der Waals surface area contributed by atoms with E-state index in [2.05, 4.69) is 5.32 Å². The van der Waals surface area contributed by atoms with Gasteiger partial charge < -0.3 is 15.0 Å². The smallest absolute Gasteiger partial charge is 0.409 e. The second-order valence-electron chi connectivity index (χ2n) is 7.19. The largest absolute Gasteiger partial charge is 0.450 e. The van der Waals surface area contributed by atoms with Crippen molar-refractivity contribution in [3.05, 3.63) is 41.2 Å². The highest BCUT2D eigenvalue weighted by Gasteiger charge is 2.24. The van der Waals surface area contributed by atoms with Crippen LogP contribution in [-0.2, 0) is 9.53 Å². The minimum absolute atomic E-state index is 0.0304. The summed E-state index contributed by atoms with van der Waals surface area (Å²) < 4.78 is 18.5. The van der Waals surface area contributed by atoms with E-state index < -0.39 is 0 Å². The van der Waals surface area contributed by atoms with Gasteiger partial charge in [-0.05, 0) is 61.4 Å². The summed E-state index contributed by atoms with van der Waals surface area (Å²) in [5.41, 5.74) is 2.29. The van der Waals surface area contributed by atoms with Gasteiger partial charge >= 0.3 is 6.09 Å². The monoisotopic (exact) mass is 376 g/mol. The third-order valence-corrected chi connectivity index (χ3v) is 4.77. The fourth-order valence-electron chi connectivity index (χ4n) is 3.21. The van der Waals surface area contributed by atoms with Crippen LogP contribution < -0.4 is 5.32 Å². The second kappa shape index (κ2) is 9.53. The lowest BCUT2D eigenvalue weighted by atomic mass is 9.93. The SMILES string of the molecule is CCOC(=O)N1CCC(NC(=O)/C=C(/c2ccc(F)c(C)c2)C(C)C)CC1. The highest BCUT2D eigenvalue weighted by Crippen LogP contribution is 2.25. The molecule has 0 unspecified atom stereocenters. The van der Waals surface area contributed by atoms with Crippen molar-refractivity contribution < 1.29 is 18.7 Å². The Labute approximate surface area is 160 Å². The highest BCUT2D eigenvalue weighted by atomic mass is 19.1. The van der Waals surface area contributed by atoms with Crippen molar-refractivity contribution in [1.82, 2.24) is 10.2 Å². The van der Waals surface area contributed by atoms with Crippen molar-refractivity contribution in [2.24, 2.45) is 5.92 Å². The van der Waals surface area contributed by atoms with Gasteiger partial charge in [0.15, 0.2) is 0 Å². The van der Waals surface area contributed by atoms with E-state index in [1.807, 2.05) is 13.8 Å². The van der Waals surface area contributed by atoms with Gasteiger partial charge in [0.25, 0.3) is 0 Å². The maximum atomic E-state index is 13.5. The number of benzene rings is 1. The number of amides is 2. The van der Waals surface area contributed by atoms with Crippen LogP contribution in [0.5, 0.6) is 0 Å². The van der Waals surface area contributed by atoms with Crippen LogP contribution in [-0.4, -0.2) is 42.6 Å². The van der Waals surface area contributed by atoms with Crippen molar-refractivity contribution in [2.45, 2.75) is 46.6 Å². The molecule has 0 aliphatic carbocycles. The van der Waals surface area contributed by atoms with Crippen molar-refractivity contribution >= 4 is 17.6 Å². The number of aryl methyl sites for hydroxylation is 1. The number of allylic oxidation sites excluding steroid dienone is 1. The Balaban J connectivity index is 1.99. The molecule has 1 aliphatic heterocycles. The lowest BCUT2D eigenvalue weighted by molar-refractivity contribution is -0.117. The molecule has 0 radical (unpaired) electrons. The molecular formula is C21H29FN2O3. The molecule has 148 valence electrons. The fourth-order valence-corrected chi connectivity index (χ4v) is 3.21. The van der Waals surface area contributed by atoms with Gasteiger partial charge in [-0.2, -0.15) is 0 Å². The van der Waals surface area contributed by atoms with E-state index in [0.29, 0.717) is 38.1 Å². The van der Waals surface area contributed by atoms with Gasteiger partial charge in [0.05, 0.1) is 6.61 Å². The van der Waals surface area contributed by atoms with Crippen LogP contribution in [0.2, 0.25) is 0 Å². The summed E-state index contributed by atoms with van der Waals surface area (Å²) in [7, 11) is 0. The van der Waals surface area contributed by atoms with E-state index in [1.54, 1.807) is 37.0 Å². The molecule has 0 bridgehead atoms. The lowest BCUT2D eigenvalue weighted by Crippen LogP contribution is -2.46. The Hall–Kier alpha value is -2.37. The lowest BCUT2D eigenvalue weighted by Gasteiger charge is -2.31. The number of nitrogens with zero attached hydrogens (tertiary/aromatic N) is 1. The van der Waals surface area contributed by atoms with Gasteiger partial charge in [0.1, 0.15) is 5.82 Å². The van der Waals surface area contributed by atoms with E-state index in [-0.39, 0.29) is 29.8 Å². The molecule has 6 heteroatoms. The van der Waals surface area contributed by atoms with Crippen LogP contribution in [0.4, 0.5) is 9.18 Å². The summed E-state index contributed by atoms with van der Waals surface area (Å²) in [4.78, 5) is 25.9. The molecule has 1 saturated heterocycles. The number of carbonyl (C=O) groups is 2. The number of carbonyl (C=O) groups excluding carboxylic acids is 2. The maximum Gasteiger partial charge on any atom is 0.409 e. The van der Waals surface area contributed by atoms with Crippen molar-refractivity contribution in [1.29, 1.82) is 0 Å². The average molecular weight is 376 g/mol. The molecule has 1 N–H and O–H groups in total. The van der Waals surface area contributed by atoms with Crippen LogP contribution in [0.3, 0.4) is 0 Å². The molecule has 2 rings (SSSR count). The summed E-state index contributed by atoms with van der Waals surface area (Å²) in [6.45, 7) is 9.02. The van der Waals surface area contributed by atoms with Crippen molar-refractivity contribution in [3.8, 4) is 0 Å². The van der Waals surface area contributed by atoms with Gasteiger partial charge in [-0.1, -0.05) is 19.9 Å². The van der Waals surface area contributed by atoms with E-state index in [9.17, 15) is 14.0 Å². The van der Waals surface area contributed by atoms with Gasteiger partial charge in [-0.3, -0.25) is 4.79 Å². The van der Waals surface area contributed by atoms with Crippen LogP contribution >= 0.6 is 0 Å². The van der Waals surface area contributed by atoms with E-state index in [4.69, 9.17) is 4.74 Å². The Morgan fingerprint density at radius 3 is 2.56 bits per heavy atom. The summed E-state index contributed by atoms with van der Waals surface area (Å²) in [5, 5.41) is 3.02. The van der Waals surface area contributed by atoms with Gasteiger partial charge in [-0.15, -0.1) is 0 Å². The molecule has 5 nitrogen and oxygen atoms in total. The predicted octanol–water partition coefficient (Wildman–Crippen LogP) is 3.91. The van der Waals surface area contributed by atoms with Gasteiger partial charge in [0.2, 0.25) is 5.91 Å². The van der Waals surface area contributed by atoms with Crippen molar-refractivity contribution in [3.63, 3.8) is 0 Å². The average Bonchev–Trinajstić information content (AvgIpc) is 2.62. The number of halogens is 1. The summed E-state index contributed by atoms with van der Waals surface area (Å²) in [5.74, 6) is -0.277. The number of hydrogen-bond acceptors (Lipinski definition) is 3. The first kappa shape index (κ1) is 20.9. The van der Waals surface area contributed by atoms with E-state index in [1.165, 1.54) is 6.07 Å². The van der Waals surface area contributed by atoms with Crippen LogP contribution in [0.15, 0.2) is 24.3 Å². The number of ether oxygens (including phenoxy) is 1. The zero-order chi connectivity index (χ0) is 20.0. The summed E-state index contributed by atoms with van der Waals surface area (Å²) >= 11 is 0. The molecule has 27 heavy (non-hydrogen) atoms. The van der Waals surface area contributed by atoms with Crippen LogP contribution in [0.1, 0.15) is 44.7 Å². The molecule has 1 aromatic rings. The summed E-state index contributed by atoms with van der Waals surface area (Å²) in [6.07, 6.45) is 2.71. The topological polar surface area (TPSA) is 58.6 Å². The number of hydrogen-bond donors (Lipinski definition) is 1. The zero-order valence-electron chi connectivity index (χ0n) is 16.5. The molecule has 1 heterocycles. The number of nitrogens with one attached hydrogen (secondary N) is 1. The number of likely N-dealkylation sites (tertiary alicyclic amines) is 1. The molecule has 1 aliphatic rings. The highest BCUT2D eigenvalue weighted by molar-refractivity contribution is 5.95. The number of rotatable bonds is 5. The van der Waals surface area contributed by atoms with Crippen LogP contribution in [0, 0.1) is 18.7 Å². The third-order valence-electron chi connectivity index (χ3n) is 4.77. The normalized spacial score (nSPS) is 15.8. The maximum absolute atomic E-state index is 13.5. The molecule has 0 saturated carbocycles. The second-order valence-corrected chi connectivity index (χ2v) is 7.19. The predicted molar refractivity (Wildman–Crippen MR) is 104 cm³/mol. The van der Waals surface area contributed by atoms with E-state index in [0.717, 1.165) is 11.1 Å². The summed E-state index contributed by atoms with van der Waals surface area (Å²) in [6, 6.07) is 4.94. The molecule has 0 aromatic heterocycles. The molecule has 1 aromatic carbocycles. The Bertz CT molecular complexity index is 707. The Morgan fingerprint density at radius 1 is 1.33 bits per heavy atom. The molecule has 0 atom stereocenters. The van der Waals surface area contributed by atoms with Gasteiger partial charge in [0, 0.05) is 25.2 Å². The molecule has 2 amide bonds. The van der Waals surface area contributed by atoms with Crippen molar-refractivity contribution in [2.75, 3.05) is 19.7 Å². The quantitative estimate of drug-likeness (QED) is 0.793.